The molecule has 2 atom stereocenters. The first-order chi connectivity index (χ1) is 9.38. The van der Waals surface area contributed by atoms with Gasteiger partial charge in [-0.15, -0.1) is 0 Å². The summed E-state index contributed by atoms with van der Waals surface area (Å²) in [4.78, 5) is 13.9. The van der Waals surface area contributed by atoms with Gasteiger partial charge in [-0.25, -0.2) is 0 Å². The zero-order chi connectivity index (χ0) is 15.3. The Balaban J connectivity index is 2.80. The molecule has 20 heavy (non-hydrogen) atoms. The summed E-state index contributed by atoms with van der Waals surface area (Å²) in [6, 6.07) is 4.71. The second-order valence-corrected chi connectivity index (χ2v) is 5.88. The molecule has 2 N–H and O–H groups in total. The zero-order valence-corrected chi connectivity index (χ0v) is 13.7. The third-order valence-electron chi connectivity index (χ3n) is 3.53. The number of hydrogen-bond donors (Lipinski definition) is 1. The maximum absolute atomic E-state index is 12.3. The van der Waals surface area contributed by atoms with Crippen molar-refractivity contribution in [2.75, 3.05) is 7.05 Å². The molecule has 0 saturated carbocycles. The van der Waals surface area contributed by atoms with Gasteiger partial charge in [0.05, 0.1) is 12.1 Å². The van der Waals surface area contributed by atoms with Gasteiger partial charge in [-0.1, -0.05) is 49.0 Å². The summed E-state index contributed by atoms with van der Waals surface area (Å²) in [5, 5.41) is 1.14. The zero-order valence-electron chi connectivity index (χ0n) is 12.2. The maximum atomic E-state index is 12.3. The fourth-order valence-electron chi connectivity index (χ4n) is 2.05. The van der Waals surface area contributed by atoms with E-state index in [9.17, 15) is 4.79 Å². The van der Waals surface area contributed by atoms with Gasteiger partial charge in [0.2, 0.25) is 5.91 Å². The Kier molecular flexibility index (Phi) is 6.80. The van der Waals surface area contributed by atoms with Gasteiger partial charge in [-0.3, -0.25) is 4.79 Å². The summed E-state index contributed by atoms with van der Waals surface area (Å²) in [5.41, 5.74) is 6.81. The number of nitrogens with two attached hydrogens (primary N) is 1. The molecule has 112 valence electrons. The highest BCUT2D eigenvalue weighted by atomic mass is 35.5. The molecule has 3 nitrogen and oxygen atoms in total. The van der Waals surface area contributed by atoms with Crippen LogP contribution in [0.2, 0.25) is 10.0 Å². The Bertz CT molecular complexity index is 465. The molecule has 0 aromatic heterocycles. The van der Waals surface area contributed by atoms with Gasteiger partial charge in [0, 0.05) is 17.1 Å². The number of carbonyl (C=O) groups is 1. The smallest absolute Gasteiger partial charge is 0.239 e. The van der Waals surface area contributed by atoms with Crippen molar-refractivity contribution in [3.05, 3.63) is 33.8 Å². The molecular formula is C15H22Cl2N2O. The summed E-state index contributed by atoms with van der Waals surface area (Å²) in [7, 11) is 1.75. The lowest BCUT2D eigenvalue weighted by atomic mass is 10.0. The highest BCUT2D eigenvalue weighted by Gasteiger charge is 2.23. The van der Waals surface area contributed by atoms with E-state index < -0.39 is 6.04 Å². The molecule has 0 aliphatic rings. The summed E-state index contributed by atoms with van der Waals surface area (Å²) < 4.78 is 0. The SMILES string of the molecule is CCCC[C@H](N)C(=O)N(C)C(C)c1ccc(Cl)cc1Cl. The topological polar surface area (TPSA) is 46.3 Å². The van der Waals surface area contributed by atoms with E-state index in [2.05, 4.69) is 6.92 Å². The minimum Gasteiger partial charge on any atom is -0.338 e. The van der Waals surface area contributed by atoms with Crippen molar-refractivity contribution in [3.8, 4) is 0 Å². The Morgan fingerprint density at radius 1 is 1.40 bits per heavy atom. The van der Waals surface area contributed by atoms with Crippen LogP contribution < -0.4 is 5.73 Å². The van der Waals surface area contributed by atoms with Gasteiger partial charge < -0.3 is 10.6 Å². The number of rotatable bonds is 6. The van der Waals surface area contributed by atoms with Crippen LogP contribution >= 0.6 is 23.2 Å². The van der Waals surface area contributed by atoms with Crippen LogP contribution in [0, 0.1) is 0 Å². The summed E-state index contributed by atoms with van der Waals surface area (Å²) in [6.45, 7) is 4.01. The van der Waals surface area contributed by atoms with E-state index in [1.165, 1.54) is 0 Å². The molecule has 5 heteroatoms. The fraction of sp³-hybridized carbons (Fsp3) is 0.533. The van der Waals surface area contributed by atoms with Gasteiger partial charge in [0.15, 0.2) is 0 Å². The van der Waals surface area contributed by atoms with Gasteiger partial charge in [-0.05, 0) is 31.0 Å². The second kappa shape index (κ2) is 7.87. The van der Waals surface area contributed by atoms with E-state index in [0.717, 1.165) is 18.4 Å². The van der Waals surface area contributed by atoms with Crippen molar-refractivity contribution in [2.45, 2.75) is 45.2 Å². The van der Waals surface area contributed by atoms with Crippen LogP contribution in [-0.2, 0) is 4.79 Å². The van der Waals surface area contributed by atoms with Gasteiger partial charge >= 0.3 is 0 Å². The molecule has 0 aliphatic carbocycles. The number of halogens is 2. The van der Waals surface area contributed by atoms with Crippen molar-refractivity contribution in [1.82, 2.24) is 4.90 Å². The minimum atomic E-state index is -0.450. The largest absolute Gasteiger partial charge is 0.338 e. The first-order valence-corrected chi connectivity index (χ1v) is 7.61. The molecule has 0 fully saturated rings. The Morgan fingerprint density at radius 2 is 2.05 bits per heavy atom. The number of nitrogens with zero attached hydrogens (tertiary/aromatic N) is 1. The van der Waals surface area contributed by atoms with Crippen molar-refractivity contribution >= 4 is 29.1 Å². The third kappa shape index (κ3) is 4.37. The molecule has 0 aliphatic heterocycles. The predicted octanol–water partition coefficient (Wildman–Crippen LogP) is 4.03. The van der Waals surface area contributed by atoms with E-state index in [1.807, 2.05) is 13.0 Å². The molecule has 0 spiro atoms. The summed E-state index contributed by atoms with van der Waals surface area (Å²) in [5.74, 6) is -0.0584. The molecule has 0 radical (unpaired) electrons. The molecule has 0 saturated heterocycles. The van der Waals surface area contributed by atoms with Gasteiger partial charge in [-0.2, -0.15) is 0 Å². The number of likely N-dealkylation sites (N-methyl/N-ethyl adjacent to an activating group) is 1. The first kappa shape index (κ1) is 17.3. The van der Waals surface area contributed by atoms with Crippen LogP contribution in [-0.4, -0.2) is 23.9 Å². The van der Waals surface area contributed by atoms with E-state index in [4.69, 9.17) is 28.9 Å². The standard InChI is InChI=1S/C15H22Cl2N2O/c1-4-5-6-14(18)15(20)19(3)10(2)12-8-7-11(16)9-13(12)17/h7-10,14H,4-6,18H2,1-3H3/t10?,14-/m0/s1. The average molecular weight is 317 g/mol. The monoisotopic (exact) mass is 316 g/mol. The van der Waals surface area contributed by atoms with Crippen LogP contribution in [0.15, 0.2) is 18.2 Å². The van der Waals surface area contributed by atoms with E-state index in [0.29, 0.717) is 16.5 Å². The highest BCUT2D eigenvalue weighted by Crippen LogP contribution is 2.29. The molecule has 1 rings (SSSR count). The van der Waals surface area contributed by atoms with Crippen LogP contribution in [0.5, 0.6) is 0 Å². The number of unbranched alkanes of at least 4 members (excludes halogenated alkanes) is 1. The van der Waals surface area contributed by atoms with Gasteiger partial charge in [0.25, 0.3) is 0 Å². The van der Waals surface area contributed by atoms with Crippen molar-refractivity contribution in [2.24, 2.45) is 5.73 Å². The van der Waals surface area contributed by atoms with Crippen LogP contribution in [0.3, 0.4) is 0 Å². The minimum absolute atomic E-state index is 0.0584. The van der Waals surface area contributed by atoms with E-state index in [-0.39, 0.29) is 11.9 Å². The third-order valence-corrected chi connectivity index (χ3v) is 4.09. The Hall–Kier alpha value is -0.770. The summed E-state index contributed by atoms with van der Waals surface area (Å²) in [6.07, 6.45) is 2.70. The van der Waals surface area contributed by atoms with E-state index in [1.54, 1.807) is 24.1 Å². The lowest BCUT2D eigenvalue weighted by molar-refractivity contribution is -0.133. The van der Waals surface area contributed by atoms with E-state index >= 15 is 0 Å². The molecule has 0 heterocycles. The van der Waals surface area contributed by atoms with Crippen molar-refractivity contribution in [3.63, 3.8) is 0 Å². The summed E-state index contributed by atoms with van der Waals surface area (Å²) >= 11 is 12.1. The molecule has 1 aromatic carbocycles. The molecule has 1 aromatic rings. The van der Waals surface area contributed by atoms with Crippen LogP contribution in [0.25, 0.3) is 0 Å². The number of hydrogen-bond acceptors (Lipinski definition) is 2. The van der Waals surface area contributed by atoms with Crippen molar-refractivity contribution in [1.29, 1.82) is 0 Å². The Morgan fingerprint density at radius 3 is 2.60 bits per heavy atom. The number of carbonyl (C=O) groups excluding carboxylic acids is 1. The average Bonchev–Trinajstić information content (AvgIpc) is 2.42. The number of amides is 1. The molecular weight excluding hydrogens is 295 g/mol. The quantitative estimate of drug-likeness (QED) is 0.861. The van der Waals surface area contributed by atoms with Crippen LogP contribution in [0.1, 0.15) is 44.7 Å². The van der Waals surface area contributed by atoms with Gasteiger partial charge in [0.1, 0.15) is 0 Å². The molecule has 1 unspecified atom stereocenters. The normalized spacial score (nSPS) is 13.9. The highest BCUT2D eigenvalue weighted by molar-refractivity contribution is 6.35. The lowest BCUT2D eigenvalue weighted by Crippen LogP contribution is -2.42. The molecule has 0 bridgehead atoms. The number of benzene rings is 1. The Labute approximate surface area is 131 Å². The lowest BCUT2D eigenvalue weighted by Gasteiger charge is -2.28. The van der Waals surface area contributed by atoms with Crippen LogP contribution in [0.4, 0.5) is 0 Å². The second-order valence-electron chi connectivity index (χ2n) is 5.04. The fourth-order valence-corrected chi connectivity index (χ4v) is 2.62. The van der Waals surface area contributed by atoms with Crippen molar-refractivity contribution < 1.29 is 4.79 Å². The molecule has 1 amide bonds. The predicted molar refractivity (Wildman–Crippen MR) is 85.1 cm³/mol. The maximum Gasteiger partial charge on any atom is 0.239 e. The first-order valence-electron chi connectivity index (χ1n) is 6.85.